The van der Waals surface area contributed by atoms with Gasteiger partial charge in [-0.05, 0) is 19.8 Å². The molecule has 0 aliphatic rings. The minimum Gasteiger partial charge on any atom is -0.390 e. The van der Waals surface area contributed by atoms with Gasteiger partial charge in [0.1, 0.15) is 0 Å². The van der Waals surface area contributed by atoms with Crippen molar-refractivity contribution in [3.63, 3.8) is 0 Å². The summed E-state index contributed by atoms with van der Waals surface area (Å²) in [6.45, 7) is 7.51. The Balaban J connectivity index is 3.37. The zero-order valence-corrected chi connectivity index (χ0v) is 5.78. The van der Waals surface area contributed by atoms with E-state index in [1.165, 1.54) is 0 Å². The molecule has 0 aromatic heterocycles. The van der Waals surface area contributed by atoms with Gasteiger partial charge in [0.05, 0.1) is 5.60 Å². The van der Waals surface area contributed by atoms with Crippen molar-refractivity contribution in [3.05, 3.63) is 6.92 Å². The van der Waals surface area contributed by atoms with Crippen molar-refractivity contribution < 1.29 is 5.11 Å². The van der Waals surface area contributed by atoms with Gasteiger partial charge in [-0.25, -0.2) is 0 Å². The molecule has 1 nitrogen and oxygen atoms in total. The van der Waals surface area contributed by atoms with Crippen LogP contribution < -0.4 is 0 Å². The topological polar surface area (TPSA) is 20.2 Å². The van der Waals surface area contributed by atoms with Gasteiger partial charge in [-0.3, -0.25) is 0 Å². The molecule has 0 aromatic carbocycles. The average molecular weight is 115 g/mol. The normalized spacial score (nSPS) is 18.0. The van der Waals surface area contributed by atoms with E-state index in [2.05, 4.69) is 13.8 Å². The zero-order valence-electron chi connectivity index (χ0n) is 5.78. The number of hydrogen-bond acceptors (Lipinski definition) is 1. The van der Waals surface area contributed by atoms with E-state index in [0.29, 0.717) is 6.42 Å². The maximum Gasteiger partial charge on any atom is 0.0619 e. The van der Waals surface area contributed by atoms with Crippen LogP contribution in [0, 0.1) is 6.92 Å². The molecule has 1 heteroatoms. The highest BCUT2D eigenvalue weighted by atomic mass is 16.3. The predicted molar refractivity (Wildman–Crippen MR) is 35.5 cm³/mol. The first-order chi connectivity index (χ1) is 3.62. The lowest BCUT2D eigenvalue weighted by Crippen LogP contribution is -2.21. The highest BCUT2D eigenvalue weighted by Gasteiger charge is 2.14. The molecule has 0 aromatic rings. The summed E-state index contributed by atoms with van der Waals surface area (Å²) in [7, 11) is 0. The van der Waals surface area contributed by atoms with Crippen LogP contribution in [-0.2, 0) is 0 Å². The van der Waals surface area contributed by atoms with Gasteiger partial charge in [0.15, 0.2) is 0 Å². The van der Waals surface area contributed by atoms with E-state index < -0.39 is 5.60 Å². The molecule has 0 saturated heterocycles. The molecule has 1 radical (unpaired) electrons. The first kappa shape index (κ1) is 7.96. The monoisotopic (exact) mass is 115 g/mol. The summed E-state index contributed by atoms with van der Waals surface area (Å²) in [6, 6.07) is 0. The molecule has 0 aliphatic carbocycles. The Hall–Kier alpha value is -0.0400. The average Bonchev–Trinajstić information content (AvgIpc) is 1.67. The van der Waals surface area contributed by atoms with Crippen LogP contribution in [-0.4, -0.2) is 10.7 Å². The van der Waals surface area contributed by atoms with E-state index in [4.69, 9.17) is 0 Å². The van der Waals surface area contributed by atoms with Crippen LogP contribution in [0.25, 0.3) is 0 Å². The van der Waals surface area contributed by atoms with Crippen molar-refractivity contribution in [2.24, 2.45) is 0 Å². The highest BCUT2D eigenvalue weighted by molar-refractivity contribution is 4.71. The second-order valence-corrected chi connectivity index (χ2v) is 2.50. The second kappa shape index (κ2) is 3.08. The highest BCUT2D eigenvalue weighted by Crippen LogP contribution is 2.14. The van der Waals surface area contributed by atoms with Gasteiger partial charge in [0, 0.05) is 0 Å². The lowest BCUT2D eigenvalue weighted by atomic mass is 9.98. The molecular weight excluding hydrogens is 100 g/mol. The van der Waals surface area contributed by atoms with Crippen molar-refractivity contribution in [3.8, 4) is 0 Å². The molecule has 0 amide bonds. The third kappa shape index (κ3) is 3.03. The lowest BCUT2D eigenvalue weighted by molar-refractivity contribution is 0.0526. The minimum absolute atomic E-state index is 0.519. The number of rotatable bonds is 3. The number of hydrogen-bond donors (Lipinski definition) is 1. The van der Waals surface area contributed by atoms with Crippen LogP contribution in [0.2, 0.25) is 0 Å². The largest absolute Gasteiger partial charge is 0.390 e. The Labute approximate surface area is 51.7 Å². The van der Waals surface area contributed by atoms with Gasteiger partial charge in [0.25, 0.3) is 0 Å². The van der Waals surface area contributed by atoms with E-state index in [9.17, 15) is 5.11 Å². The maximum atomic E-state index is 9.26. The molecule has 1 unspecified atom stereocenters. The molecule has 0 spiro atoms. The third-order valence-electron chi connectivity index (χ3n) is 1.33. The molecule has 49 valence electrons. The smallest absolute Gasteiger partial charge is 0.0619 e. The Morgan fingerprint density at radius 1 is 1.62 bits per heavy atom. The minimum atomic E-state index is -0.519. The van der Waals surface area contributed by atoms with Crippen LogP contribution in [0.4, 0.5) is 0 Å². The summed E-state index contributed by atoms with van der Waals surface area (Å²) in [5.74, 6) is 0. The molecule has 8 heavy (non-hydrogen) atoms. The van der Waals surface area contributed by atoms with Gasteiger partial charge in [-0.15, -0.1) is 0 Å². The molecule has 1 atom stereocenters. The van der Waals surface area contributed by atoms with Gasteiger partial charge in [0.2, 0.25) is 0 Å². The standard InChI is InChI=1S/C7H15O/c1-4-6-7(3,8)5-2/h8H,2,4-6H2,1,3H3. The molecule has 0 rings (SSSR count). The van der Waals surface area contributed by atoms with Crippen molar-refractivity contribution in [2.75, 3.05) is 0 Å². The Bertz CT molecular complexity index is 57.4. The van der Waals surface area contributed by atoms with E-state index in [1.807, 2.05) is 6.92 Å². The summed E-state index contributed by atoms with van der Waals surface area (Å²) < 4.78 is 0. The molecule has 0 bridgehead atoms. The summed E-state index contributed by atoms with van der Waals surface area (Å²) in [4.78, 5) is 0. The van der Waals surface area contributed by atoms with Crippen LogP contribution in [0.3, 0.4) is 0 Å². The maximum absolute atomic E-state index is 9.26. The van der Waals surface area contributed by atoms with Crippen LogP contribution in [0.15, 0.2) is 0 Å². The fourth-order valence-corrected chi connectivity index (χ4v) is 0.664. The number of aliphatic hydroxyl groups is 1. The Kier molecular flexibility index (Phi) is 3.06. The van der Waals surface area contributed by atoms with Crippen molar-refractivity contribution in [1.29, 1.82) is 0 Å². The molecule has 0 fully saturated rings. The summed E-state index contributed by atoms with van der Waals surface area (Å²) >= 11 is 0. The Morgan fingerprint density at radius 2 is 2.12 bits per heavy atom. The van der Waals surface area contributed by atoms with Crippen molar-refractivity contribution in [2.45, 2.75) is 38.7 Å². The molecular formula is C7H15O. The zero-order chi connectivity index (χ0) is 6.62. The van der Waals surface area contributed by atoms with E-state index >= 15 is 0 Å². The molecule has 0 aliphatic heterocycles. The fraction of sp³-hybridized carbons (Fsp3) is 0.857. The summed E-state index contributed by atoms with van der Waals surface area (Å²) in [6.07, 6.45) is 2.50. The van der Waals surface area contributed by atoms with Gasteiger partial charge in [-0.2, -0.15) is 0 Å². The first-order valence-electron chi connectivity index (χ1n) is 3.14. The van der Waals surface area contributed by atoms with E-state index in [0.717, 1.165) is 12.8 Å². The quantitative estimate of drug-likeness (QED) is 0.594. The molecule has 0 saturated carbocycles. The van der Waals surface area contributed by atoms with E-state index in [-0.39, 0.29) is 0 Å². The van der Waals surface area contributed by atoms with Crippen molar-refractivity contribution >= 4 is 0 Å². The Morgan fingerprint density at radius 3 is 2.25 bits per heavy atom. The SMILES string of the molecule is [CH2]CC(C)(O)CCC. The summed E-state index contributed by atoms with van der Waals surface area (Å²) in [5, 5.41) is 9.26. The lowest BCUT2D eigenvalue weighted by Gasteiger charge is -2.19. The first-order valence-corrected chi connectivity index (χ1v) is 3.14. The summed E-state index contributed by atoms with van der Waals surface area (Å²) in [5.41, 5.74) is -0.519. The van der Waals surface area contributed by atoms with Gasteiger partial charge in [-0.1, -0.05) is 20.3 Å². The van der Waals surface area contributed by atoms with E-state index in [1.54, 1.807) is 0 Å². The van der Waals surface area contributed by atoms with Crippen molar-refractivity contribution in [1.82, 2.24) is 0 Å². The second-order valence-electron chi connectivity index (χ2n) is 2.50. The van der Waals surface area contributed by atoms with Gasteiger partial charge >= 0.3 is 0 Å². The third-order valence-corrected chi connectivity index (χ3v) is 1.33. The van der Waals surface area contributed by atoms with Crippen LogP contribution in [0.5, 0.6) is 0 Å². The molecule has 0 heterocycles. The fourth-order valence-electron chi connectivity index (χ4n) is 0.664. The van der Waals surface area contributed by atoms with Crippen LogP contribution in [0.1, 0.15) is 33.1 Å². The van der Waals surface area contributed by atoms with Crippen LogP contribution >= 0.6 is 0 Å². The predicted octanol–water partition coefficient (Wildman–Crippen LogP) is 1.76. The molecule has 1 N–H and O–H groups in total. The van der Waals surface area contributed by atoms with Gasteiger partial charge < -0.3 is 5.11 Å².